The van der Waals surface area contributed by atoms with Crippen LogP contribution in [0.4, 0.5) is 11.4 Å². The minimum absolute atomic E-state index is 0.0529. The van der Waals surface area contributed by atoms with Crippen LogP contribution in [0, 0.1) is 5.92 Å². The van der Waals surface area contributed by atoms with Crippen molar-refractivity contribution in [2.24, 2.45) is 5.92 Å². The Balaban J connectivity index is 1.51. The van der Waals surface area contributed by atoms with Crippen molar-refractivity contribution in [3.63, 3.8) is 0 Å². The molecule has 0 aromatic heterocycles. The van der Waals surface area contributed by atoms with Gasteiger partial charge >= 0.3 is 0 Å². The maximum atomic E-state index is 12.0. The first-order chi connectivity index (χ1) is 11.7. The summed E-state index contributed by atoms with van der Waals surface area (Å²) in [7, 11) is 0. The molecule has 5 heteroatoms. The van der Waals surface area contributed by atoms with Crippen molar-refractivity contribution in [3.8, 4) is 5.75 Å². The quantitative estimate of drug-likeness (QED) is 0.855. The Morgan fingerprint density at radius 3 is 2.33 bits per heavy atom. The van der Waals surface area contributed by atoms with E-state index in [4.69, 9.17) is 4.74 Å². The number of hydrogen-bond acceptors (Lipinski definition) is 3. The summed E-state index contributed by atoms with van der Waals surface area (Å²) in [6.07, 6.45) is 3.04. The number of rotatable bonds is 6. The van der Waals surface area contributed by atoms with Crippen molar-refractivity contribution in [2.45, 2.75) is 19.3 Å². The Kier molecular flexibility index (Phi) is 5.11. The fourth-order valence-electron chi connectivity index (χ4n) is 2.45. The Morgan fingerprint density at radius 2 is 1.67 bits per heavy atom. The average Bonchev–Trinajstić information content (AvgIpc) is 2.52. The number of anilines is 2. The van der Waals surface area contributed by atoms with Gasteiger partial charge < -0.3 is 15.4 Å². The zero-order chi connectivity index (χ0) is 16.8. The molecule has 0 aliphatic heterocycles. The first kappa shape index (κ1) is 16.1. The highest BCUT2D eigenvalue weighted by molar-refractivity contribution is 5.95. The molecule has 1 fully saturated rings. The van der Waals surface area contributed by atoms with Gasteiger partial charge in [0.25, 0.3) is 5.91 Å². The summed E-state index contributed by atoms with van der Waals surface area (Å²) in [5.74, 6) is 0.579. The van der Waals surface area contributed by atoms with Gasteiger partial charge in [-0.2, -0.15) is 0 Å². The lowest BCUT2D eigenvalue weighted by molar-refractivity contribution is -0.122. The smallest absolute Gasteiger partial charge is 0.262 e. The second kappa shape index (κ2) is 7.64. The molecule has 0 bridgehead atoms. The number of hydrogen-bond donors (Lipinski definition) is 2. The highest BCUT2D eigenvalue weighted by atomic mass is 16.5. The lowest BCUT2D eigenvalue weighted by Crippen LogP contribution is -2.28. The molecule has 2 aromatic carbocycles. The summed E-state index contributed by atoms with van der Waals surface area (Å²) in [6.45, 7) is -0.0668. The topological polar surface area (TPSA) is 67.4 Å². The standard InChI is InChI=1S/C19H20N2O3/c22-18(13-24-17-10-2-1-3-11-17)20-15-8-5-9-16(12-15)21-19(23)14-6-4-7-14/h1-3,5,8-12,14H,4,6-7,13H2,(H,20,22)(H,21,23). The second-order valence-corrected chi connectivity index (χ2v) is 5.85. The molecule has 0 unspecified atom stereocenters. The van der Waals surface area contributed by atoms with Crippen LogP contribution in [0.5, 0.6) is 5.75 Å². The van der Waals surface area contributed by atoms with Crippen LogP contribution in [0.3, 0.4) is 0 Å². The van der Waals surface area contributed by atoms with E-state index in [0.29, 0.717) is 17.1 Å². The second-order valence-electron chi connectivity index (χ2n) is 5.85. The summed E-state index contributed by atoms with van der Waals surface area (Å²) < 4.78 is 5.41. The third-order valence-corrected chi connectivity index (χ3v) is 4.00. The van der Waals surface area contributed by atoms with Crippen molar-refractivity contribution in [1.29, 1.82) is 0 Å². The molecule has 0 saturated heterocycles. The van der Waals surface area contributed by atoms with Gasteiger partial charge in [0, 0.05) is 17.3 Å². The van der Waals surface area contributed by atoms with Crippen molar-refractivity contribution in [2.75, 3.05) is 17.2 Å². The molecule has 0 heterocycles. The largest absolute Gasteiger partial charge is 0.484 e. The van der Waals surface area contributed by atoms with Gasteiger partial charge in [-0.15, -0.1) is 0 Å². The minimum Gasteiger partial charge on any atom is -0.484 e. The van der Waals surface area contributed by atoms with Crippen LogP contribution < -0.4 is 15.4 Å². The van der Waals surface area contributed by atoms with Gasteiger partial charge in [-0.05, 0) is 43.2 Å². The molecule has 3 rings (SSSR count). The van der Waals surface area contributed by atoms with E-state index in [1.54, 1.807) is 30.3 Å². The molecular weight excluding hydrogens is 304 g/mol. The molecule has 1 aliphatic carbocycles. The molecule has 0 radical (unpaired) electrons. The molecule has 124 valence electrons. The first-order valence-corrected chi connectivity index (χ1v) is 8.09. The highest BCUT2D eigenvalue weighted by Gasteiger charge is 2.25. The van der Waals surface area contributed by atoms with E-state index in [-0.39, 0.29) is 24.3 Å². The minimum atomic E-state index is -0.249. The Hall–Kier alpha value is -2.82. The third kappa shape index (κ3) is 4.35. The monoisotopic (exact) mass is 324 g/mol. The molecule has 2 amide bonds. The maximum absolute atomic E-state index is 12.0. The SMILES string of the molecule is O=C(COc1ccccc1)Nc1cccc(NC(=O)C2CCC2)c1. The van der Waals surface area contributed by atoms with Gasteiger partial charge in [0.05, 0.1) is 0 Å². The zero-order valence-corrected chi connectivity index (χ0v) is 13.3. The van der Waals surface area contributed by atoms with Gasteiger partial charge in [0.1, 0.15) is 5.75 Å². The fraction of sp³-hybridized carbons (Fsp3) is 0.263. The van der Waals surface area contributed by atoms with E-state index in [1.807, 2.05) is 24.3 Å². The van der Waals surface area contributed by atoms with E-state index in [0.717, 1.165) is 19.3 Å². The molecule has 1 saturated carbocycles. The normalized spacial score (nSPS) is 13.7. The van der Waals surface area contributed by atoms with Crippen molar-refractivity contribution < 1.29 is 14.3 Å². The van der Waals surface area contributed by atoms with E-state index in [9.17, 15) is 9.59 Å². The van der Waals surface area contributed by atoms with Crippen molar-refractivity contribution >= 4 is 23.2 Å². The number of amides is 2. The highest BCUT2D eigenvalue weighted by Crippen LogP contribution is 2.28. The number of carbonyl (C=O) groups is 2. The van der Waals surface area contributed by atoms with Crippen molar-refractivity contribution in [1.82, 2.24) is 0 Å². The van der Waals surface area contributed by atoms with Crippen LogP contribution in [0.1, 0.15) is 19.3 Å². The maximum Gasteiger partial charge on any atom is 0.262 e. The molecule has 24 heavy (non-hydrogen) atoms. The van der Waals surface area contributed by atoms with E-state index in [1.165, 1.54) is 0 Å². The molecule has 1 aliphatic rings. The average molecular weight is 324 g/mol. The zero-order valence-electron chi connectivity index (χ0n) is 13.3. The van der Waals surface area contributed by atoms with Crippen LogP contribution in [-0.4, -0.2) is 18.4 Å². The molecule has 2 aromatic rings. The van der Waals surface area contributed by atoms with Gasteiger partial charge in [-0.25, -0.2) is 0 Å². The van der Waals surface area contributed by atoms with Gasteiger partial charge in [0.2, 0.25) is 5.91 Å². The fourth-order valence-corrected chi connectivity index (χ4v) is 2.45. The number of ether oxygens (including phenoxy) is 1. The summed E-state index contributed by atoms with van der Waals surface area (Å²) in [4.78, 5) is 23.9. The summed E-state index contributed by atoms with van der Waals surface area (Å²) in [5, 5.41) is 5.66. The molecule has 0 spiro atoms. The predicted octanol–water partition coefficient (Wildman–Crippen LogP) is 3.44. The number of para-hydroxylation sites is 1. The first-order valence-electron chi connectivity index (χ1n) is 8.09. The van der Waals surface area contributed by atoms with Crippen LogP contribution in [0.25, 0.3) is 0 Å². The van der Waals surface area contributed by atoms with Crippen molar-refractivity contribution in [3.05, 3.63) is 54.6 Å². The van der Waals surface area contributed by atoms with Gasteiger partial charge in [-0.3, -0.25) is 9.59 Å². The van der Waals surface area contributed by atoms with Gasteiger partial charge in [-0.1, -0.05) is 30.7 Å². The van der Waals surface area contributed by atoms with Crippen LogP contribution in [0.15, 0.2) is 54.6 Å². The molecular formula is C19H20N2O3. The summed E-state index contributed by atoms with van der Waals surface area (Å²) in [5.41, 5.74) is 1.32. The lowest BCUT2D eigenvalue weighted by atomic mass is 9.85. The van der Waals surface area contributed by atoms with E-state index >= 15 is 0 Å². The Labute approximate surface area is 141 Å². The van der Waals surface area contributed by atoms with Crippen LogP contribution >= 0.6 is 0 Å². The lowest BCUT2D eigenvalue weighted by Gasteiger charge is -2.24. The Bertz CT molecular complexity index is 712. The number of carbonyl (C=O) groups excluding carboxylic acids is 2. The third-order valence-electron chi connectivity index (χ3n) is 4.00. The van der Waals surface area contributed by atoms with Crippen LogP contribution in [0.2, 0.25) is 0 Å². The van der Waals surface area contributed by atoms with Crippen LogP contribution in [-0.2, 0) is 9.59 Å². The summed E-state index contributed by atoms with van der Waals surface area (Å²) in [6, 6.07) is 16.3. The van der Waals surface area contributed by atoms with E-state index < -0.39 is 0 Å². The Morgan fingerprint density at radius 1 is 0.958 bits per heavy atom. The molecule has 0 atom stereocenters. The van der Waals surface area contributed by atoms with Gasteiger partial charge in [0.15, 0.2) is 6.61 Å². The summed E-state index contributed by atoms with van der Waals surface area (Å²) >= 11 is 0. The molecule has 5 nitrogen and oxygen atoms in total. The number of nitrogens with one attached hydrogen (secondary N) is 2. The molecule has 2 N–H and O–H groups in total. The number of benzene rings is 2. The predicted molar refractivity (Wildman–Crippen MR) is 93.0 cm³/mol. The van der Waals surface area contributed by atoms with E-state index in [2.05, 4.69) is 10.6 Å².